The fraction of sp³-hybridized carbons (Fsp3) is 0.455. The molecular formula is C11H12N2O4. The minimum Gasteiger partial charge on any atom is -0.481 e. The Morgan fingerprint density at radius 1 is 1.41 bits per heavy atom. The largest absolute Gasteiger partial charge is 0.481 e. The van der Waals surface area contributed by atoms with Gasteiger partial charge in [0.05, 0.1) is 18.1 Å². The highest BCUT2D eigenvalue weighted by Gasteiger charge is 2.51. The van der Waals surface area contributed by atoms with Gasteiger partial charge in [-0.05, 0) is 12.8 Å². The lowest BCUT2D eigenvalue weighted by Crippen LogP contribution is -2.19. The zero-order valence-electron chi connectivity index (χ0n) is 9.34. The summed E-state index contributed by atoms with van der Waals surface area (Å²) >= 11 is 0. The van der Waals surface area contributed by atoms with Crippen LogP contribution < -0.4 is 4.74 Å². The van der Waals surface area contributed by atoms with Gasteiger partial charge in [-0.3, -0.25) is 9.59 Å². The topological polar surface area (TPSA) is 89.4 Å². The van der Waals surface area contributed by atoms with Gasteiger partial charge in [-0.1, -0.05) is 0 Å². The Labute approximate surface area is 97.7 Å². The quantitative estimate of drug-likeness (QED) is 0.765. The van der Waals surface area contributed by atoms with Crippen LogP contribution >= 0.6 is 0 Å². The van der Waals surface area contributed by atoms with Gasteiger partial charge in [0.1, 0.15) is 0 Å². The Morgan fingerprint density at radius 2 is 2.00 bits per heavy atom. The lowest BCUT2D eigenvalue weighted by atomic mass is 9.97. The van der Waals surface area contributed by atoms with E-state index in [1.54, 1.807) is 0 Å². The van der Waals surface area contributed by atoms with E-state index in [4.69, 9.17) is 9.84 Å². The number of rotatable bonds is 5. The van der Waals surface area contributed by atoms with Crippen LogP contribution in [0.2, 0.25) is 0 Å². The van der Waals surface area contributed by atoms with E-state index >= 15 is 0 Å². The molecule has 90 valence electrons. The second kappa shape index (κ2) is 4.12. The molecule has 0 atom stereocenters. The number of carbonyl (C=O) groups excluding carboxylic acids is 1. The van der Waals surface area contributed by atoms with Crippen LogP contribution in [0, 0.1) is 5.41 Å². The van der Waals surface area contributed by atoms with Crippen molar-refractivity contribution in [2.24, 2.45) is 5.41 Å². The van der Waals surface area contributed by atoms with Crippen molar-refractivity contribution >= 4 is 11.8 Å². The van der Waals surface area contributed by atoms with E-state index in [0.717, 1.165) is 0 Å². The summed E-state index contributed by atoms with van der Waals surface area (Å²) in [6.07, 6.45) is 3.84. The average molecular weight is 236 g/mol. The van der Waals surface area contributed by atoms with Crippen molar-refractivity contribution in [3.63, 3.8) is 0 Å². The van der Waals surface area contributed by atoms with Gasteiger partial charge in [0, 0.05) is 18.8 Å². The van der Waals surface area contributed by atoms with Crippen molar-refractivity contribution in [2.75, 3.05) is 7.11 Å². The second-order valence-electron chi connectivity index (χ2n) is 4.14. The Bertz CT molecular complexity index is 451. The molecule has 0 radical (unpaired) electrons. The number of hydrogen-bond donors (Lipinski definition) is 1. The predicted octanol–water partition coefficient (Wildman–Crippen LogP) is 0.923. The van der Waals surface area contributed by atoms with Gasteiger partial charge in [-0.25, -0.2) is 9.97 Å². The standard InChI is InChI=1S/C11H12N2O4/c1-17-10-12-5-7(6-13-10)8(14)4-11(2-3-11)9(15)16/h5-6H,2-4H2,1H3,(H,15,16). The molecular weight excluding hydrogens is 224 g/mol. The highest BCUT2D eigenvalue weighted by atomic mass is 16.5. The summed E-state index contributed by atoms with van der Waals surface area (Å²) in [4.78, 5) is 30.4. The molecule has 1 aliphatic carbocycles. The molecule has 0 aromatic carbocycles. The van der Waals surface area contributed by atoms with Crippen LogP contribution in [0.25, 0.3) is 0 Å². The maximum Gasteiger partial charge on any atom is 0.316 e. The molecule has 1 N–H and O–H groups in total. The third kappa shape index (κ3) is 2.25. The van der Waals surface area contributed by atoms with E-state index < -0.39 is 11.4 Å². The number of ether oxygens (including phenoxy) is 1. The van der Waals surface area contributed by atoms with Gasteiger partial charge in [0.25, 0.3) is 0 Å². The molecule has 1 aliphatic rings. The summed E-state index contributed by atoms with van der Waals surface area (Å²) in [5.41, 5.74) is -0.532. The maximum atomic E-state index is 11.8. The van der Waals surface area contributed by atoms with E-state index in [2.05, 4.69) is 9.97 Å². The summed E-state index contributed by atoms with van der Waals surface area (Å²) in [7, 11) is 1.43. The summed E-state index contributed by atoms with van der Waals surface area (Å²) in [5, 5.41) is 8.98. The van der Waals surface area contributed by atoms with Gasteiger partial charge in [0.2, 0.25) is 0 Å². The Kier molecular flexibility index (Phi) is 2.79. The number of ketones is 1. The van der Waals surface area contributed by atoms with E-state index in [0.29, 0.717) is 18.4 Å². The molecule has 0 spiro atoms. The molecule has 0 bridgehead atoms. The number of aromatic nitrogens is 2. The van der Waals surface area contributed by atoms with Gasteiger partial charge in [-0.2, -0.15) is 0 Å². The molecule has 1 heterocycles. The van der Waals surface area contributed by atoms with Crippen LogP contribution in [0.15, 0.2) is 12.4 Å². The van der Waals surface area contributed by atoms with Crippen molar-refractivity contribution in [3.05, 3.63) is 18.0 Å². The molecule has 6 heteroatoms. The highest BCUT2D eigenvalue weighted by Crippen LogP contribution is 2.49. The molecule has 17 heavy (non-hydrogen) atoms. The SMILES string of the molecule is COc1ncc(C(=O)CC2(C(=O)O)CC2)cn1. The van der Waals surface area contributed by atoms with Crippen LogP contribution in [0.3, 0.4) is 0 Å². The summed E-state index contributed by atoms with van der Waals surface area (Å²) in [5.74, 6) is -1.15. The first-order valence-corrected chi connectivity index (χ1v) is 5.20. The number of methoxy groups -OCH3 is 1. The Morgan fingerprint density at radius 3 is 2.41 bits per heavy atom. The number of nitrogens with zero attached hydrogens (tertiary/aromatic N) is 2. The Balaban J connectivity index is 2.07. The van der Waals surface area contributed by atoms with Crippen LogP contribution in [0.5, 0.6) is 6.01 Å². The van der Waals surface area contributed by atoms with E-state index in [1.807, 2.05) is 0 Å². The summed E-state index contributed by atoms with van der Waals surface area (Å²) in [6.45, 7) is 0. The van der Waals surface area contributed by atoms with Crippen molar-refractivity contribution < 1.29 is 19.4 Å². The monoisotopic (exact) mass is 236 g/mol. The first-order chi connectivity index (χ1) is 8.07. The van der Waals surface area contributed by atoms with Gasteiger partial charge in [0.15, 0.2) is 5.78 Å². The van der Waals surface area contributed by atoms with Crippen LogP contribution in [-0.2, 0) is 4.79 Å². The fourth-order valence-electron chi connectivity index (χ4n) is 1.59. The van der Waals surface area contributed by atoms with Crippen molar-refractivity contribution in [1.29, 1.82) is 0 Å². The fourth-order valence-corrected chi connectivity index (χ4v) is 1.59. The number of hydrogen-bond acceptors (Lipinski definition) is 5. The first-order valence-electron chi connectivity index (χ1n) is 5.20. The van der Waals surface area contributed by atoms with Gasteiger partial charge >= 0.3 is 12.0 Å². The van der Waals surface area contributed by atoms with Crippen LogP contribution in [0.4, 0.5) is 0 Å². The van der Waals surface area contributed by atoms with Gasteiger partial charge in [-0.15, -0.1) is 0 Å². The molecule has 0 saturated heterocycles. The van der Waals surface area contributed by atoms with E-state index in [-0.39, 0.29) is 18.2 Å². The number of carboxylic acid groups (broad SMARTS) is 1. The number of aliphatic carboxylic acids is 1. The van der Waals surface area contributed by atoms with E-state index in [9.17, 15) is 9.59 Å². The average Bonchev–Trinajstić information content (AvgIpc) is 3.10. The number of carboxylic acids is 1. The number of Topliss-reactive ketones (excluding diaryl/α,β-unsaturated/α-hetero) is 1. The Hall–Kier alpha value is -1.98. The van der Waals surface area contributed by atoms with Crippen LogP contribution in [-0.4, -0.2) is 33.9 Å². The summed E-state index contributed by atoms with van der Waals surface area (Å²) in [6, 6.07) is 0.181. The van der Waals surface area contributed by atoms with Gasteiger partial charge < -0.3 is 9.84 Å². The lowest BCUT2D eigenvalue weighted by molar-refractivity contribution is -0.143. The first kappa shape index (κ1) is 11.5. The zero-order chi connectivity index (χ0) is 12.5. The minimum absolute atomic E-state index is 0.0119. The number of carbonyl (C=O) groups is 2. The van der Waals surface area contributed by atoms with Crippen molar-refractivity contribution in [2.45, 2.75) is 19.3 Å². The van der Waals surface area contributed by atoms with Crippen molar-refractivity contribution in [1.82, 2.24) is 9.97 Å². The molecule has 1 saturated carbocycles. The smallest absolute Gasteiger partial charge is 0.316 e. The molecule has 1 aromatic heterocycles. The third-order valence-electron chi connectivity index (χ3n) is 2.94. The molecule has 0 aliphatic heterocycles. The zero-order valence-corrected chi connectivity index (χ0v) is 9.34. The highest BCUT2D eigenvalue weighted by molar-refractivity contribution is 5.99. The molecule has 6 nitrogen and oxygen atoms in total. The molecule has 0 amide bonds. The minimum atomic E-state index is -0.903. The predicted molar refractivity (Wildman–Crippen MR) is 56.8 cm³/mol. The van der Waals surface area contributed by atoms with Crippen LogP contribution in [0.1, 0.15) is 29.6 Å². The summed E-state index contributed by atoms with van der Waals surface area (Å²) < 4.78 is 4.77. The second-order valence-corrected chi connectivity index (χ2v) is 4.14. The maximum absolute atomic E-state index is 11.8. The normalized spacial score (nSPS) is 16.3. The third-order valence-corrected chi connectivity index (χ3v) is 2.94. The molecule has 1 fully saturated rings. The molecule has 1 aromatic rings. The molecule has 2 rings (SSSR count). The molecule has 0 unspecified atom stereocenters. The van der Waals surface area contributed by atoms with E-state index in [1.165, 1.54) is 19.5 Å². The lowest BCUT2D eigenvalue weighted by Gasteiger charge is -2.07. The van der Waals surface area contributed by atoms with Crippen molar-refractivity contribution in [3.8, 4) is 6.01 Å².